The van der Waals surface area contributed by atoms with E-state index < -0.39 is 29.6 Å². The lowest BCUT2D eigenvalue weighted by molar-refractivity contribution is -0.138. The number of nitrogens with one attached hydrogen (secondary N) is 2. The van der Waals surface area contributed by atoms with Crippen molar-refractivity contribution in [1.82, 2.24) is 20.1 Å². The van der Waals surface area contributed by atoms with Gasteiger partial charge in [-0.05, 0) is 118 Å². The van der Waals surface area contributed by atoms with E-state index in [1.807, 2.05) is 25.8 Å². The molecule has 0 bridgehead atoms. The number of carbonyl (C=O) groups is 3. The zero-order valence-electron chi connectivity index (χ0n) is 29.4. The van der Waals surface area contributed by atoms with E-state index in [1.54, 1.807) is 49.7 Å². The lowest BCUT2D eigenvalue weighted by Gasteiger charge is -2.20. The summed E-state index contributed by atoms with van der Waals surface area (Å²) in [4.78, 5) is 45.3. The monoisotopic (exact) mass is 692 g/mol. The molecule has 3 rings (SSSR count). The third-order valence-electron chi connectivity index (χ3n) is 7.59. The van der Waals surface area contributed by atoms with E-state index in [2.05, 4.69) is 24.5 Å². The van der Waals surface area contributed by atoms with Crippen molar-refractivity contribution < 1.29 is 37.1 Å². The fraction of sp³-hybridized carbons (Fsp3) is 0.444. The summed E-state index contributed by atoms with van der Waals surface area (Å²) >= 11 is 0. The van der Waals surface area contributed by atoms with Crippen molar-refractivity contribution in [2.75, 3.05) is 34.2 Å². The van der Waals surface area contributed by atoms with Crippen LogP contribution in [0.4, 0.5) is 17.6 Å². The molecular formula is C36H48F4N4O5. The van der Waals surface area contributed by atoms with E-state index in [1.165, 1.54) is 13.1 Å². The summed E-state index contributed by atoms with van der Waals surface area (Å²) in [7, 11) is 5.44. The number of hydrogen-bond acceptors (Lipinski definition) is 6. The van der Waals surface area contributed by atoms with Gasteiger partial charge in [0.1, 0.15) is 18.2 Å². The molecule has 1 aromatic heterocycles. The van der Waals surface area contributed by atoms with Crippen LogP contribution < -0.4 is 16.2 Å². The third-order valence-corrected chi connectivity index (χ3v) is 7.59. The summed E-state index contributed by atoms with van der Waals surface area (Å²) < 4.78 is 55.3. The number of alkyl halides is 3. The average Bonchev–Trinajstić information content (AvgIpc) is 3.01. The molecule has 3 aromatic rings. The largest absolute Gasteiger partial charge is 0.481 e. The van der Waals surface area contributed by atoms with Gasteiger partial charge >= 0.3 is 12.1 Å². The average molecular weight is 693 g/mol. The highest BCUT2D eigenvalue weighted by Crippen LogP contribution is 2.37. The number of likely N-dealkylation sites (N-methyl/N-ethyl adjacent to an activating group) is 1. The number of carbonyl (C=O) groups excluding carboxylic acids is 2. The molecule has 0 saturated carbocycles. The van der Waals surface area contributed by atoms with Crippen molar-refractivity contribution in [2.45, 2.75) is 66.2 Å². The van der Waals surface area contributed by atoms with Gasteiger partial charge in [0.25, 0.3) is 11.5 Å². The summed E-state index contributed by atoms with van der Waals surface area (Å²) in [5.41, 5.74) is 1.69. The predicted octanol–water partition coefficient (Wildman–Crippen LogP) is 6.17. The van der Waals surface area contributed by atoms with Crippen molar-refractivity contribution in [3.63, 3.8) is 0 Å². The number of carboxylic acids is 1. The number of amides is 1. The molecule has 0 radical (unpaired) electrons. The predicted molar refractivity (Wildman–Crippen MR) is 183 cm³/mol. The molecule has 0 saturated heterocycles. The Labute approximate surface area is 285 Å². The Kier molecular flexibility index (Phi) is 17.1. The van der Waals surface area contributed by atoms with Gasteiger partial charge in [0.05, 0.1) is 12.0 Å². The molecule has 13 heteroatoms. The van der Waals surface area contributed by atoms with Gasteiger partial charge < -0.3 is 30.0 Å². The first kappa shape index (κ1) is 42.7. The zero-order valence-corrected chi connectivity index (χ0v) is 29.4. The van der Waals surface area contributed by atoms with Crippen molar-refractivity contribution in [3.05, 3.63) is 92.1 Å². The van der Waals surface area contributed by atoms with Gasteiger partial charge in [0.15, 0.2) is 0 Å². The van der Waals surface area contributed by atoms with Crippen LogP contribution in [0.25, 0.3) is 11.1 Å². The standard InChI is InChI=1S/C20H21F4NO2.C15H25N3O2.CH2O/c1-10-6-14(20(22,23)24)7-11(2)18(10)13-5-12(3)19(21)15(8-13)16(25-4)9-17(26)27;1-12(2)7-8-16-14(19)13-6-5-9-18(15(13)20)11-10-17(3)4;1-2/h5-8,16,25H,9H2,1-4H3,(H,26,27);5-6,9,12H,7-8,10-11H2,1-4H3,(H,16,19);1H2. The van der Waals surface area contributed by atoms with Crippen molar-refractivity contribution >= 4 is 18.7 Å². The van der Waals surface area contributed by atoms with Crippen LogP contribution in [-0.4, -0.2) is 67.5 Å². The molecule has 0 fully saturated rings. The fourth-order valence-electron chi connectivity index (χ4n) is 5.08. The van der Waals surface area contributed by atoms with Crippen molar-refractivity contribution in [1.29, 1.82) is 0 Å². The van der Waals surface area contributed by atoms with Gasteiger partial charge in [-0.2, -0.15) is 13.2 Å². The minimum absolute atomic E-state index is 0.175. The summed E-state index contributed by atoms with van der Waals surface area (Å²) in [6.07, 6.45) is -2.14. The molecule has 0 aliphatic carbocycles. The van der Waals surface area contributed by atoms with Gasteiger partial charge in [-0.3, -0.25) is 14.4 Å². The van der Waals surface area contributed by atoms with E-state index in [9.17, 15) is 31.9 Å². The smallest absolute Gasteiger partial charge is 0.416 e. The minimum Gasteiger partial charge on any atom is -0.481 e. The SMILES string of the molecule is C=O.CC(C)CCNC(=O)c1cccn(CCN(C)C)c1=O.CNC(CC(=O)O)c1cc(-c2c(C)cc(C(F)(F)F)cc2C)cc(C)c1F. The van der Waals surface area contributed by atoms with Crippen LogP contribution in [0.1, 0.15) is 70.9 Å². The summed E-state index contributed by atoms with van der Waals surface area (Å²) in [5.74, 6) is -1.36. The van der Waals surface area contributed by atoms with Gasteiger partial charge in [-0.1, -0.05) is 13.8 Å². The Morgan fingerprint density at radius 3 is 2.10 bits per heavy atom. The highest BCUT2D eigenvalue weighted by atomic mass is 19.4. The van der Waals surface area contributed by atoms with Crippen LogP contribution >= 0.6 is 0 Å². The summed E-state index contributed by atoms with van der Waals surface area (Å²) in [6.45, 7) is 12.8. The molecule has 1 unspecified atom stereocenters. The summed E-state index contributed by atoms with van der Waals surface area (Å²) in [5, 5.41) is 14.6. The Hall–Kier alpha value is -4.36. The number of benzene rings is 2. The first-order valence-corrected chi connectivity index (χ1v) is 15.7. The second-order valence-corrected chi connectivity index (χ2v) is 12.3. The molecule has 9 nitrogen and oxygen atoms in total. The maximum absolute atomic E-state index is 14.6. The van der Waals surface area contributed by atoms with E-state index in [0.29, 0.717) is 46.8 Å². The molecule has 3 N–H and O–H groups in total. The second-order valence-electron chi connectivity index (χ2n) is 12.3. The van der Waals surface area contributed by atoms with Crippen LogP contribution in [0.15, 0.2) is 47.4 Å². The molecule has 1 atom stereocenters. The van der Waals surface area contributed by atoms with E-state index >= 15 is 0 Å². The minimum atomic E-state index is -4.45. The number of rotatable bonds is 12. The van der Waals surface area contributed by atoms with Gasteiger partial charge in [-0.15, -0.1) is 0 Å². The van der Waals surface area contributed by atoms with Crippen LogP contribution in [0.2, 0.25) is 0 Å². The second kappa shape index (κ2) is 19.6. The number of aromatic nitrogens is 1. The normalized spacial score (nSPS) is 11.7. The molecule has 1 heterocycles. The topological polar surface area (TPSA) is 121 Å². The third kappa shape index (κ3) is 12.9. The van der Waals surface area contributed by atoms with Crippen molar-refractivity contribution in [2.24, 2.45) is 5.92 Å². The zero-order chi connectivity index (χ0) is 37.6. The maximum Gasteiger partial charge on any atom is 0.416 e. The van der Waals surface area contributed by atoms with Crippen molar-refractivity contribution in [3.8, 4) is 11.1 Å². The lowest BCUT2D eigenvalue weighted by Crippen LogP contribution is -2.34. The van der Waals surface area contributed by atoms with E-state index in [4.69, 9.17) is 9.90 Å². The Bertz CT molecular complexity index is 1600. The quantitative estimate of drug-likeness (QED) is 0.194. The fourth-order valence-corrected chi connectivity index (χ4v) is 5.08. The molecule has 49 heavy (non-hydrogen) atoms. The number of pyridine rings is 1. The molecule has 2 aromatic carbocycles. The lowest BCUT2D eigenvalue weighted by atomic mass is 9.89. The first-order chi connectivity index (χ1) is 22.9. The molecule has 1 amide bonds. The number of aryl methyl sites for hydroxylation is 3. The molecule has 270 valence electrons. The number of nitrogens with zero attached hydrogens (tertiary/aromatic N) is 2. The van der Waals surface area contributed by atoms with E-state index in [0.717, 1.165) is 25.1 Å². The number of hydrogen-bond donors (Lipinski definition) is 3. The maximum atomic E-state index is 14.6. The van der Waals surface area contributed by atoms with E-state index in [-0.39, 0.29) is 29.0 Å². The molecule has 0 spiro atoms. The first-order valence-electron chi connectivity index (χ1n) is 15.7. The molecule has 0 aliphatic rings. The van der Waals surface area contributed by atoms with Crippen LogP contribution in [0.3, 0.4) is 0 Å². The van der Waals surface area contributed by atoms with Crippen LogP contribution in [-0.2, 0) is 22.3 Å². The summed E-state index contributed by atoms with van der Waals surface area (Å²) in [6, 6.07) is 7.77. The Morgan fingerprint density at radius 1 is 1.02 bits per heavy atom. The molecular weight excluding hydrogens is 644 g/mol. The molecule has 0 aliphatic heterocycles. The van der Waals surface area contributed by atoms with Crippen LogP contribution in [0.5, 0.6) is 0 Å². The van der Waals surface area contributed by atoms with Crippen LogP contribution in [0, 0.1) is 32.5 Å². The Morgan fingerprint density at radius 2 is 1.61 bits per heavy atom. The van der Waals surface area contributed by atoms with Gasteiger partial charge in [-0.25, -0.2) is 4.39 Å². The highest BCUT2D eigenvalue weighted by Gasteiger charge is 2.31. The number of aliphatic carboxylic acids is 1. The number of carboxylic acid groups (broad SMARTS) is 1. The highest BCUT2D eigenvalue weighted by molar-refractivity contribution is 5.93. The van der Waals surface area contributed by atoms with Gasteiger partial charge in [0.2, 0.25) is 0 Å². The van der Waals surface area contributed by atoms with Gasteiger partial charge in [0, 0.05) is 37.4 Å². The Balaban J connectivity index is 0.000000486. The number of halogens is 4.